The monoisotopic (exact) mass is 566 g/mol. The summed E-state index contributed by atoms with van der Waals surface area (Å²) < 4.78 is 5.42. The molecule has 2 rings (SSSR count). The molecule has 9 heteroatoms. The Hall–Kier alpha value is -3.88. The van der Waals surface area contributed by atoms with E-state index in [1.54, 1.807) is 25.7 Å². The van der Waals surface area contributed by atoms with Crippen LogP contribution in [0.1, 0.15) is 89.1 Å². The fourth-order valence-electron chi connectivity index (χ4n) is 4.66. The molecule has 9 nitrogen and oxygen atoms in total. The fourth-order valence-corrected chi connectivity index (χ4v) is 4.66. The quantitative estimate of drug-likeness (QED) is 0.332. The molecule has 0 saturated carbocycles. The molecule has 0 aliphatic heterocycles. The number of para-hydroxylation sites is 1. The number of aryl methyl sites for hydroxylation is 3. The van der Waals surface area contributed by atoms with Crippen LogP contribution in [0.15, 0.2) is 42.5 Å². The molecule has 0 aliphatic rings. The number of hydrogen-bond acceptors (Lipinski definition) is 5. The SMILES string of the molecule is CCC(C)(C)N(C(=O)C(CCC(N)=O)NC(=O)OC(C)(C)C)C(C(=O)Nc1ccccc1C)c1c(C)cccc1C. The highest BCUT2D eigenvalue weighted by Crippen LogP contribution is 2.36. The van der Waals surface area contributed by atoms with E-state index in [0.29, 0.717) is 17.7 Å². The lowest BCUT2D eigenvalue weighted by molar-refractivity contribution is -0.148. The number of anilines is 1. The van der Waals surface area contributed by atoms with Crippen LogP contribution < -0.4 is 16.4 Å². The number of carbonyl (C=O) groups is 4. The van der Waals surface area contributed by atoms with Crippen molar-refractivity contribution in [3.63, 3.8) is 0 Å². The second-order valence-corrected chi connectivity index (χ2v) is 12.1. The van der Waals surface area contributed by atoms with Gasteiger partial charge in [-0.2, -0.15) is 0 Å². The van der Waals surface area contributed by atoms with Gasteiger partial charge in [-0.05, 0) is 96.6 Å². The van der Waals surface area contributed by atoms with Gasteiger partial charge in [0.25, 0.3) is 5.91 Å². The van der Waals surface area contributed by atoms with Gasteiger partial charge in [-0.3, -0.25) is 14.4 Å². The number of primary amides is 1. The molecular formula is C32H46N4O5. The Morgan fingerprint density at radius 2 is 1.46 bits per heavy atom. The summed E-state index contributed by atoms with van der Waals surface area (Å²) in [6, 6.07) is 10.9. The topological polar surface area (TPSA) is 131 Å². The molecule has 2 unspecified atom stereocenters. The zero-order chi connectivity index (χ0) is 31.1. The molecule has 0 fully saturated rings. The van der Waals surface area contributed by atoms with E-state index in [1.165, 1.54) is 0 Å². The lowest BCUT2D eigenvalue weighted by Crippen LogP contribution is -2.59. The summed E-state index contributed by atoms with van der Waals surface area (Å²) in [5, 5.41) is 5.68. The summed E-state index contributed by atoms with van der Waals surface area (Å²) in [7, 11) is 0. The molecule has 0 aromatic heterocycles. The van der Waals surface area contributed by atoms with Gasteiger partial charge >= 0.3 is 6.09 Å². The number of hydrogen-bond donors (Lipinski definition) is 3. The van der Waals surface area contributed by atoms with Gasteiger partial charge in [0.2, 0.25) is 11.8 Å². The van der Waals surface area contributed by atoms with Crippen LogP contribution in [0.4, 0.5) is 10.5 Å². The molecule has 4 amide bonds. The molecule has 2 aromatic rings. The minimum Gasteiger partial charge on any atom is -0.444 e. The van der Waals surface area contributed by atoms with Crippen molar-refractivity contribution >= 4 is 29.5 Å². The average molecular weight is 567 g/mol. The van der Waals surface area contributed by atoms with E-state index < -0.39 is 47.0 Å². The molecule has 0 radical (unpaired) electrons. The number of carbonyl (C=O) groups excluding carboxylic acids is 4. The fraction of sp³-hybridized carbons (Fsp3) is 0.500. The molecule has 0 saturated heterocycles. The first-order valence-electron chi connectivity index (χ1n) is 14.0. The molecule has 0 heterocycles. The molecule has 224 valence electrons. The summed E-state index contributed by atoms with van der Waals surface area (Å²) in [5.74, 6) is -1.52. The number of nitrogens with one attached hydrogen (secondary N) is 2. The normalized spacial score (nSPS) is 13.1. The number of benzene rings is 2. The van der Waals surface area contributed by atoms with Gasteiger partial charge in [0.05, 0.1) is 0 Å². The summed E-state index contributed by atoms with van der Waals surface area (Å²) in [4.78, 5) is 54.9. The van der Waals surface area contributed by atoms with Crippen LogP contribution in [-0.2, 0) is 19.1 Å². The second kappa shape index (κ2) is 13.7. The van der Waals surface area contributed by atoms with Crippen molar-refractivity contribution < 1.29 is 23.9 Å². The molecule has 0 bridgehead atoms. The van der Waals surface area contributed by atoms with E-state index in [-0.39, 0.29) is 12.8 Å². The van der Waals surface area contributed by atoms with Crippen molar-refractivity contribution in [2.24, 2.45) is 5.73 Å². The van der Waals surface area contributed by atoms with Crippen LogP contribution in [0.2, 0.25) is 0 Å². The van der Waals surface area contributed by atoms with Gasteiger partial charge in [-0.1, -0.05) is 43.3 Å². The Morgan fingerprint density at radius 3 is 1.98 bits per heavy atom. The van der Waals surface area contributed by atoms with E-state index in [9.17, 15) is 19.2 Å². The minimum absolute atomic E-state index is 0.0530. The highest BCUT2D eigenvalue weighted by atomic mass is 16.6. The van der Waals surface area contributed by atoms with E-state index in [4.69, 9.17) is 10.5 Å². The molecule has 2 aromatic carbocycles. The third kappa shape index (κ3) is 9.06. The maximum absolute atomic E-state index is 14.5. The summed E-state index contributed by atoms with van der Waals surface area (Å²) >= 11 is 0. The van der Waals surface area contributed by atoms with Gasteiger partial charge < -0.3 is 26.0 Å². The van der Waals surface area contributed by atoms with Gasteiger partial charge in [-0.15, -0.1) is 0 Å². The third-order valence-corrected chi connectivity index (χ3v) is 7.15. The maximum atomic E-state index is 14.5. The lowest BCUT2D eigenvalue weighted by Gasteiger charge is -2.45. The number of ether oxygens (including phenoxy) is 1. The van der Waals surface area contributed by atoms with Crippen molar-refractivity contribution in [3.05, 3.63) is 64.7 Å². The van der Waals surface area contributed by atoms with Crippen molar-refractivity contribution in [2.45, 2.75) is 105 Å². The second-order valence-electron chi connectivity index (χ2n) is 12.1. The van der Waals surface area contributed by atoms with Crippen LogP contribution in [0.25, 0.3) is 0 Å². The van der Waals surface area contributed by atoms with Gasteiger partial charge in [0.15, 0.2) is 0 Å². The average Bonchev–Trinajstić information content (AvgIpc) is 2.85. The number of nitrogens with two attached hydrogens (primary N) is 1. The number of nitrogens with zero attached hydrogens (tertiary/aromatic N) is 1. The first kappa shape index (κ1) is 33.3. The predicted octanol–water partition coefficient (Wildman–Crippen LogP) is 5.47. The highest BCUT2D eigenvalue weighted by Gasteiger charge is 2.44. The number of rotatable bonds is 11. The van der Waals surface area contributed by atoms with Crippen LogP contribution in [-0.4, -0.2) is 45.9 Å². The van der Waals surface area contributed by atoms with Crippen LogP contribution in [0.3, 0.4) is 0 Å². The Balaban J connectivity index is 2.73. The summed E-state index contributed by atoms with van der Waals surface area (Å²) in [6.45, 7) is 16.5. The zero-order valence-electron chi connectivity index (χ0n) is 25.9. The van der Waals surface area contributed by atoms with Crippen molar-refractivity contribution in [2.75, 3.05) is 5.32 Å². The summed E-state index contributed by atoms with van der Waals surface area (Å²) in [5.41, 5.74) is 7.67. The summed E-state index contributed by atoms with van der Waals surface area (Å²) in [6.07, 6.45) is -0.492. The first-order chi connectivity index (χ1) is 19.0. The predicted molar refractivity (Wildman–Crippen MR) is 161 cm³/mol. The van der Waals surface area contributed by atoms with E-state index in [1.807, 2.05) is 84.0 Å². The van der Waals surface area contributed by atoms with Gasteiger partial charge in [0.1, 0.15) is 17.7 Å². The van der Waals surface area contributed by atoms with E-state index in [0.717, 1.165) is 16.7 Å². The largest absolute Gasteiger partial charge is 0.444 e. The van der Waals surface area contributed by atoms with Crippen molar-refractivity contribution in [1.29, 1.82) is 0 Å². The van der Waals surface area contributed by atoms with Crippen molar-refractivity contribution in [3.8, 4) is 0 Å². The van der Waals surface area contributed by atoms with E-state index >= 15 is 0 Å². The van der Waals surface area contributed by atoms with Crippen LogP contribution in [0, 0.1) is 20.8 Å². The number of alkyl carbamates (subject to hydrolysis) is 1. The molecule has 0 aliphatic carbocycles. The highest BCUT2D eigenvalue weighted by molar-refractivity contribution is 6.00. The minimum atomic E-state index is -1.17. The maximum Gasteiger partial charge on any atom is 0.408 e. The van der Waals surface area contributed by atoms with Gasteiger partial charge in [0, 0.05) is 17.6 Å². The molecular weight excluding hydrogens is 520 g/mol. The molecule has 0 spiro atoms. The standard InChI is InChI=1S/C32H46N4O5/c1-10-32(8,9)36(29(39)24(18-19-25(33)37)35-30(40)41-31(5,6)7)27(26-21(3)15-13-16-22(26)4)28(38)34-23-17-12-11-14-20(23)2/h11-17,24,27H,10,18-19H2,1-9H3,(H2,33,37)(H,34,38)(H,35,40). The number of amides is 4. The third-order valence-electron chi connectivity index (χ3n) is 7.15. The Morgan fingerprint density at radius 1 is 0.902 bits per heavy atom. The lowest BCUT2D eigenvalue weighted by atomic mass is 9.88. The van der Waals surface area contributed by atoms with Crippen LogP contribution >= 0.6 is 0 Å². The Labute approximate surface area is 244 Å². The Bertz CT molecular complexity index is 1240. The first-order valence-corrected chi connectivity index (χ1v) is 14.0. The molecule has 41 heavy (non-hydrogen) atoms. The zero-order valence-corrected chi connectivity index (χ0v) is 25.9. The molecule has 4 N–H and O–H groups in total. The van der Waals surface area contributed by atoms with Crippen molar-refractivity contribution in [1.82, 2.24) is 10.2 Å². The smallest absolute Gasteiger partial charge is 0.408 e. The van der Waals surface area contributed by atoms with Gasteiger partial charge in [-0.25, -0.2) is 4.79 Å². The molecule has 2 atom stereocenters. The Kier molecular flexibility index (Phi) is 11.1. The van der Waals surface area contributed by atoms with E-state index in [2.05, 4.69) is 10.6 Å². The van der Waals surface area contributed by atoms with Crippen LogP contribution in [0.5, 0.6) is 0 Å².